The smallest absolute Gasteiger partial charge is 0.381 e. The second kappa shape index (κ2) is 8.71. The summed E-state index contributed by atoms with van der Waals surface area (Å²) in [5.41, 5.74) is -1.55. The minimum absolute atomic E-state index is 0.268. The Balaban J connectivity index is 2.42. The molecule has 0 saturated carbocycles. The lowest BCUT2D eigenvalue weighted by molar-refractivity contribution is -0.137. The molecule has 0 bridgehead atoms. The number of carbonyl (C=O) groups excluding carboxylic acids is 1. The Hall–Kier alpha value is -1.83. The van der Waals surface area contributed by atoms with Crippen molar-refractivity contribution in [3.8, 4) is 0 Å². The SMILES string of the molecule is CC(C)COCCCNC(=O)Nc1cc(C(F)(F)F)ccc1F. The molecule has 1 aromatic carbocycles. The first-order valence-electron chi connectivity index (χ1n) is 7.19. The number of benzene rings is 1. The van der Waals surface area contributed by atoms with Gasteiger partial charge >= 0.3 is 12.2 Å². The van der Waals surface area contributed by atoms with Crippen LogP contribution in [0.15, 0.2) is 18.2 Å². The van der Waals surface area contributed by atoms with E-state index in [1.165, 1.54) is 0 Å². The van der Waals surface area contributed by atoms with Crippen LogP contribution in [0.3, 0.4) is 0 Å². The lowest BCUT2D eigenvalue weighted by Crippen LogP contribution is -2.30. The zero-order valence-corrected chi connectivity index (χ0v) is 13.0. The van der Waals surface area contributed by atoms with Gasteiger partial charge in [-0.2, -0.15) is 13.2 Å². The van der Waals surface area contributed by atoms with E-state index < -0.39 is 29.3 Å². The molecule has 130 valence electrons. The Labute approximate surface area is 132 Å². The van der Waals surface area contributed by atoms with Gasteiger partial charge in [-0.1, -0.05) is 13.8 Å². The maximum Gasteiger partial charge on any atom is 0.416 e. The molecule has 0 aliphatic heterocycles. The van der Waals surface area contributed by atoms with Gasteiger partial charge in [0, 0.05) is 19.8 Å². The molecular weight excluding hydrogens is 316 g/mol. The van der Waals surface area contributed by atoms with Gasteiger partial charge in [-0.15, -0.1) is 0 Å². The van der Waals surface area contributed by atoms with E-state index in [4.69, 9.17) is 4.74 Å². The van der Waals surface area contributed by atoms with E-state index in [0.717, 1.165) is 0 Å². The number of halogens is 4. The maximum absolute atomic E-state index is 13.5. The molecule has 0 radical (unpaired) electrons. The van der Waals surface area contributed by atoms with E-state index in [0.29, 0.717) is 43.8 Å². The summed E-state index contributed by atoms with van der Waals surface area (Å²) in [6.45, 7) is 5.35. The highest BCUT2D eigenvalue weighted by molar-refractivity contribution is 5.89. The first-order valence-corrected chi connectivity index (χ1v) is 7.19. The Morgan fingerprint density at radius 1 is 1.30 bits per heavy atom. The Morgan fingerprint density at radius 2 is 2.00 bits per heavy atom. The van der Waals surface area contributed by atoms with Crippen molar-refractivity contribution in [2.24, 2.45) is 5.92 Å². The van der Waals surface area contributed by atoms with Crippen LogP contribution in [0.2, 0.25) is 0 Å². The molecule has 0 atom stereocenters. The minimum atomic E-state index is -4.60. The zero-order chi connectivity index (χ0) is 17.5. The summed E-state index contributed by atoms with van der Waals surface area (Å²) in [5, 5.41) is 4.49. The molecule has 0 spiro atoms. The van der Waals surface area contributed by atoms with Crippen molar-refractivity contribution in [1.29, 1.82) is 0 Å². The molecule has 0 heterocycles. The summed E-state index contributed by atoms with van der Waals surface area (Å²) in [6, 6.07) is 1.07. The fourth-order valence-corrected chi connectivity index (χ4v) is 1.66. The molecule has 0 aromatic heterocycles. The van der Waals surface area contributed by atoms with Crippen LogP contribution < -0.4 is 10.6 Å². The van der Waals surface area contributed by atoms with Crippen molar-refractivity contribution >= 4 is 11.7 Å². The molecule has 1 aromatic rings. The van der Waals surface area contributed by atoms with Gasteiger partial charge in [-0.05, 0) is 30.5 Å². The highest BCUT2D eigenvalue weighted by atomic mass is 19.4. The van der Waals surface area contributed by atoms with Gasteiger partial charge in [-0.3, -0.25) is 0 Å². The van der Waals surface area contributed by atoms with Gasteiger partial charge in [0.2, 0.25) is 0 Å². The van der Waals surface area contributed by atoms with E-state index in [9.17, 15) is 22.4 Å². The average molecular weight is 336 g/mol. The third-order valence-electron chi connectivity index (χ3n) is 2.74. The first kappa shape index (κ1) is 19.2. The van der Waals surface area contributed by atoms with Crippen LogP contribution in [0.1, 0.15) is 25.8 Å². The number of ether oxygens (including phenoxy) is 1. The van der Waals surface area contributed by atoms with Crippen LogP contribution >= 0.6 is 0 Å². The van der Waals surface area contributed by atoms with Crippen molar-refractivity contribution in [1.82, 2.24) is 5.32 Å². The molecule has 1 rings (SSSR count). The van der Waals surface area contributed by atoms with E-state index in [-0.39, 0.29) is 6.54 Å². The van der Waals surface area contributed by atoms with Crippen LogP contribution in [0, 0.1) is 11.7 Å². The number of anilines is 1. The largest absolute Gasteiger partial charge is 0.416 e. The predicted octanol–water partition coefficient (Wildman–Crippen LogP) is 4.03. The van der Waals surface area contributed by atoms with Gasteiger partial charge in [0.15, 0.2) is 0 Å². The highest BCUT2D eigenvalue weighted by Crippen LogP contribution is 2.31. The van der Waals surface area contributed by atoms with Crippen molar-refractivity contribution in [2.75, 3.05) is 25.1 Å². The third kappa shape index (κ3) is 7.32. The maximum atomic E-state index is 13.5. The summed E-state index contributed by atoms with van der Waals surface area (Å²) in [5.74, 6) is -0.524. The van der Waals surface area contributed by atoms with Gasteiger partial charge in [-0.25, -0.2) is 9.18 Å². The van der Waals surface area contributed by atoms with Crippen LogP contribution in [-0.4, -0.2) is 25.8 Å². The number of rotatable bonds is 7. The van der Waals surface area contributed by atoms with Gasteiger partial charge in [0.25, 0.3) is 0 Å². The number of hydrogen-bond acceptors (Lipinski definition) is 2. The van der Waals surface area contributed by atoms with Gasteiger partial charge < -0.3 is 15.4 Å². The standard InChI is InChI=1S/C15H20F4N2O2/c1-10(2)9-23-7-3-6-20-14(22)21-13-8-11(15(17,18)19)4-5-12(13)16/h4-5,8,10H,3,6-7,9H2,1-2H3,(H2,20,21,22). The van der Waals surface area contributed by atoms with Crippen LogP contribution in [-0.2, 0) is 10.9 Å². The third-order valence-corrected chi connectivity index (χ3v) is 2.74. The number of alkyl halides is 3. The lowest BCUT2D eigenvalue weighted by Gasteiger charge is -2.12. The number of carbonyl (C=O) groups is 1. The summed E-state index contributed by atoms with van der Waals surface area (Å²) < 4.78 is 56.4. The van der Waals surface area contributed by atoms with E-state index in [1.807, 2.05) is 13.8 Å². The molecule has 0 unspecified atom stereocenters. The number of hydrogen-bond donors (Lipinski definition) is 2. The van der Waals surface area contributed by atoms with Crippen molar-refractivity contribution in [3.63, 3.8) is 0 Å². The minimum Gasteiger partial charge on any atom is -0.381 e. The molecule has 2 amide bonds. The van der Waals surface area contributed by atoms with Crippen LogP contribution in [0.5, 0.6) is 0 Å². The summed E-state index contributed by atoms with van der Waals surface area (Å²) in [7, 11) is 0. The predicted molar refractivity (Wildman–Crippen MR) is 78.7 cm³/mol. The number of urea groups is 1. The number of nitrogens with one attached hydrogen (secondary N) is 2. The van der Waals surface area contributed by atoms with Crippen molar-refractivity contribution < 1.29 is 27.1 Å². The number of amides is 2. The van der Waals surface area contributed by atoms with Crippen molar-refractivity contribution in [2.45, 2.75) is 26.4 Å². The monoisotopic (exact) mass is 336 g/mol. The zero-order valence-electron chi connectivity index (χ0n) is 13.0. The van der Waals surface area contributed by atoms with Gasteiger partial charge in [0.05, 0.1) is 11.3 Å². The molecule has 23 heavy (non-hydrogen) atoms. The summed E-state index contributed by atoms with van der Waals surface area (Å²) in [4.78, 5) is 11.6. The molecule has 0 fully saturated rings. The highest BCUT2D eigenvalue weighted by Gasteiger charge is 2.31. The Kier molecular flexibility index (Phi) is 7.28. The second-order valence-electron chi connectivity index (χ2n) is 5.40. The molecule has 0 aliphatic carbocycles. The topological polar surface area (TPSA) is 50.4 Å². The fourth-order valence-electron chi connectivity index (χ4n) is 1.66. The molecule has 0 saturated heterocycles. The molecule has 2 N–H and O–H groups in total. The van der Waals surface area contributed by atoms with E-state index in [2.05, 4.69) is 10.6 Å². The van der Waals surface area contributed by atoms with Crippen LogP contribution in [0.4, 0.5) is 28.0 Å². The second-order valence-corrected chi connectivity index (χ2v) is 5.40. The molecule has 0 aliphatic rings. The molecule has 8 heteroatoms. The normalized spacial score (nSPS) is 11.6. The van der Waals surface area contributed by atoms with Crippen molar-refractivity contribution in [3.05, 3.63) is 29.6 Å². The molecule has 4 nitrogen and oxygen atoms in total. The van der Waals surface area contributed by atoms with Gasteiger partial charge in [0.1, 0.15) is 5.82 Å². The van der Waals surface area contributed by atoms with Crippen LogP contribution in [0.25, 0.3) is 0 Å². The van der Waals surface area contributed by atoms with E-state index in [1.54, 1.807) is 0 Å². The Morgan fingerprint density at radius 3 is 2.61 bits per heavy atom. The quantitative estimate of drug-likeness (QED) is 0.583. The lowest BCUT2D eigenvalue weighted by atomic mass is 10.2. The van der Waals surface area contributed by atoms with E-state index >= 15 is 0 Å². The fraction of sp³-hybridized carbons (Fsp3) is 0.533. The Bertz CT molecular complexity index is 519. The first-order chi connectivity index (χ1) is 10.7. The molecular formula is C15H20F4N2O2. The average Bonchev–Trinajstić information content (AvgIpc) is 2.43. The summed E-state index contributed by atoms with van der Waals surface area (Å²) in [6.07, 6.45) is -4.06. The summed E-state index contributed by atoms with van der Waals surface area (Å²) >= 11 is 0.